The summed E-state index contributed by atoms with van der Waals surface area (Å²) in [6.45, 7) is 1.87. The molecule has 0 radical (unpaired) electrons. The Bertz CT molecular complexity index is 430. The van der Waals surface area contributed by atoms with Gasteiger partial charge in [-0.25, -0.2) is 0 Å². The van der Waals surface area contributed by atoms with E-state index in [1.54, 1.807) is 6.07 Å². The number of quaternary nitrogens is 1. The van der Waals surface area contributed by atoms with Crippen LogP contribution in [0, 0.1) is 0 Å². The van der Waals surface area contributed by atoms with E-state index in [9.17, 15) is 13.2 Å². The van der Waals surface area contributed by atoms with Crippen LogP contribution < -0.4 is 10.2 Å². The lowest BCUT2D eigenvalue weighted by molar-refractivity contribution is -0.672. The van der Waals surface area contributed by atoms with E-state index in [0.717, 1.165) is 25.6 Å². The van der Waals surface area contributed by atoms with Crippen molar-refractivity contribution in [1.82, 2.24) is 0 Å². The molecule has 2 heterocycles. The predicted octanol–water partition coefficient (Wildman–Crippen LogP) is 1.23. The standard InChI is InChI=1S/C12H13F3N2/c13-12(14,15)8-2-1-3-10(4-8)17-7-9-5-11(17)6-16-9/h1-4,9,11,16H,5-7H2/p+1/t9-,11-/m0/s1. The van der Waals surface area contributed by atoms with Gasteiger partial charge in [0.05, 0.1) is 24.7 Å². The highest BCUT2D eigenvalue weighted by Crippen LogP contribution is 2.33. The Kier molecular flexibility index (Phi) is 2.33. The highest BCUT2D eigenvalue weighted by Gasteiger charge is 2.42. The third-order valence-electron chi connectivity index (χ3n) is 3.69. The van der Waals surface area contributed by atoms with Crippen LogP contribution in [0.2, 0.25) is 0 Å². The highest BCUT2D eigenvalue weighted by molar-refractivity contribution is 5.51. The van der Waals surface area contributed by atoms with Gasteiger partial charge < -0.3 is 10.2 Å². The van der Waals surface area contributed by atoms with E-state index in [1.807, 2.05) is 0 Å². The number of nitrogens with two attached hydrogens (primary N) is 1. The van der Waals surface area contributed by atoms with E-state index in [1.165, 1.54) is 12.1 Å². The Balaban J connectivity index is 1.89. The molecule has 2 N–H and O–H groups in total. The molecule has 0 aromatic heterocycles. The zero-order valence-electron chi connectivity index (χ0n) is 9.24. The van der Waals surface area contributed by atoms with Gasteiger partial charge in [0, 0.05) is 12.1 Å². The predicted molar refractivity (Wildman–Crippen MR) is 57.8 cm³/mol. The molecule has 5 heteroatoms. The molecular weight excluding hydrogens is 229 g/mol. The molecule has 2 aliphatic heterocycles. The summed E-state index contributed by atoms with van der Waals surface area (Å²) >= 11 is 0. The lowest BCUT2D eigenvalue weighted by atomic mass is 10.1. The number of anilines is 1. The van der Waals surface area contributed by atoms with Crippen LogP contribution in [0.3, 0.4) is 0 Å². The molecule has 0 amide bonds. The molecule has 0 saturated carbocycles. The number of halogens is 3. The number of fused-ring (bicyclic) bond motifs is 2. The van der Waals surface area contributed by atoms with Crippen LogP contribution in [0.1, 0.15) is 12.0 Å². The maximum atomic E-state index is 12.6. The van der Waals surface area contributed by atoms with Crippen molar-refractivity contribution in [3.63, 3.8) is 0 Å². The molecule has 2 fully saturated rings. The first kappa shape index (κ1) is 10.9. The van der Waals surface area contributed by atoms with Gasteiger partial charge in [-0.1, -0.05) is 6.07 Å². The SMILES string of the molecule is FC(F)(F)c1cccc(N2C[C@@H]3C[C@H]2C[NH2+]3)c1. The van der Waals surface area contributed by atoms with Gasteiger partial charge in [-0.15, -0.1) is 0 Å². The zero-order valence-corrected chi connectivity index (χ0v) is 9.24. The molecular formula is C12H14F3N2+. The first-order valence-electron chi connectivity index (χ1n) is 5.81. The first-order chi connectivity index (χ1) is 8.04. The van der Waals surface area contributed by atoms with Crippen molar-refractivity contribution in [1.29, 1.82) is 0 Å². The maximum Gasteiger partial charge on any atom is 0.416 e. The Morgan fingerprint density at radius 1 is 1.29 bits per heavy atom. The van der Waals surface area contributed by atoms with E-state index in [4.69, 9.17) is 0 Å². The summed E-state index contributed by atoms with van der Waals surface area (Å²) in [6.07, 6.45) is -3.16. The molecule has 2 nitrogen and oxygen atoms in total. The number of benzene rings is 1. The molecule has 17 heavy (non-hydrogen) atoms. The molecule has 2 saturated heterocycles. The number of hydrogen-bond acceptors (Lipinski definition) is 1. The van der Waals surface area contributed by atoms with Crippen LogP contribution in [-0.2, 0) is 6.18 Å². The van der Waals surface area contributed by atoms with Crippen LogP contribution in [0.25, 0.3) is 0 Å². The summed E-state index contributed by atoms with van der Waals surface area (Å²) < 4.78 is 37.9. The van der Waals surface area contributed by atoms with Gasteiger partial charge in [-0.3, -0.25) is 0 Å². The largest absolute Gasteiger partial charge is 0.416 e. The van der Waals surface area contributed by atoms with Gasteiger partial charge in [-0.05, 0) is 18.2 Å². The van der Waals surface area contributed by atoms with Crippen LogP contribution >= 0.6 is 0 Å². The van der Waals surface area contributed by atoms with Gasteiger partial charge in [-0.2, -0.15) is 13.2 Å². The van der Waals surface area contributed by atoms with Crippen LogP contribution in [0.5, 0.6) is 0 Å². The van der Waals surface area contributed by atoms with Crippen molar-refractivity contribution >= 4 is 5.69 Å². The van der Waals surface area contributed by atoms with Crippen molar-refractivity contribution in [2.75, 3.05) is 18.0 Å². The molecule has 0 spiro atoms. The molecule has 1 aromatic carbocycles. The first-order valence-corrected chi connectivity index (χ1v) is 5.81. The Morgan fingerprint density at radius 3 is 2.71 bits per heavy atom. The van der Waals surface area contributed by atoms with Crippen molar-refractivity contribution in [2.45, 2.75) is 24.7 Å². The third-order valence-corrected chi connectivity index (χ3v) is 3.69. The minimum absolute atomic E-state index is 0.406. The second-order valence-corrected chi connectivity index (χ2v) is 4.82. The number of hydrogen-bond donors (Lipinski definition) is 1. The van der Waals surface area contributed by atoms with E-state index >= 15 is 0 Å². The molecule has 2 aliphatic rings. The minimum atomic E-state index is -4.25. The monoisotopic (exact) mass is 243 g/mol. The average Bonchev–Trinajstić information content (AvgIpc) is 2.89. The summed E-state index contributed by atoms with van der Waals surface area (Å²) in [5.41, 5.74) is 0.155. The van der Waals surface area contributed by atoms with Crippen molar-refractivity contribution in [2.24, 2.45) is 0 Å². The Morgan fingerprint density at radius 2 is 2.12 bits per heavy atom. The minimum Gasteiger partial charge on any atom is -0.357 e. The van der Waals surface area contributed by atoms with Crippen LogP contribution in [-0.4, -0.2) is 25.2 Å². The summed E-state index contributed by atoms with van der Waals surface area (Å²) in [5.74, 6) is 0. The van der Waals surface area contributed by atoms with Crippen LogP contribution in [0.15, 0.2) is 24.3 Å². The molecule has 2 atom stereocenters. The van der Waals surface area contributed by atoms with E-state index < -0.39 is 11.7 Å². The molecule has 92 valence electrons. The van der Waals surface area contributed by atoms with Gasteiger partial charge in [0.25, 0.3) is 0 Å². The normalized spacial score (nSPS) is 27.8. The quantitative estimate of drug-likeness (QED) is 0.786. The highest BCUT2D eigenvalue weighted by atomic mass is 19.4. The molecule has 0 aliphatic carbocycles. The Hall–Kier alpha value is -1.23. The number of piperazine rings is 1. The third kappa shape index (κ3) is 1.88. The summed E-state index contributed by atoms with van der Waals surface area (Å²) in [7, 11) is 0. The molecule has 0 unspecified atom stereocenters. The van der Waals surface area contributed by atoms with Gasteiger partial charge in [0.15, 0.2) is 0 Å². The second kappa shape index (κ2) is 3.63. The fraction of sp³-hybridized carbons (Fsp3) is 0.500. The topological polar surface area (TPSA) is 19.9 Å². The number of nitrogens with zero attached hydrogens (tertiary/aromatic N) is 1. The van der Waals surface area contributed by atoms with Crippen LogP contribution in [0.4, 0.5) is 18.9 Å². The zero-order chi connectivity index (χ0) is 12.0. The van der Waals surface area contributed by atoms with E-state index in [0.29, 0.717) is 17.8 Å². The molecule has 2 bridgehead atoms. The van der Waals surface area contributed by atoms with Crippen molar-refractivity contribution in [3.05, 3.63) is 29.8 Å². The van der Waals surface area contributed by atoms with Gasteiger partial charge in [0.2, 0.25) is 0 Å². The number of rotatable bonds is 1. The maximum absolute atomic E-state index is 12.6. The van der Waals surface area contributed by atoms with Crippen molar-refractivity contribution < 1.29 is 18.5 Å². The summed E-state index contributed by atoms with van der Waals surface area (Å²) in [5, 5.41) is 2.29. The second-order valence-electron chi connectivity index (χ2n) is 4.82. The Labute approximate surface area is 97.4 Å². The number of alkyl halides is 3. The van der Waals surface area contributed by atoms with Crippen molar-refractivity contribution in [3.8, 4) is 0 Å². The van der Waals surface area contributed by atoms with Gasteiger partial charge in [0.1, 0.15) is 6.04 Å². The summed E-state index contributed by atoms with van der Waals surface area (Å²) in [4.78, 5) is 2.11. The smallest absolute Gasteiger partial charge is 0.357 e. The van der Waals surface area contributed by atoms with E-state index in [-0.39, 0.29) is 0 Å². The molecule has 1 aromatic rings. The fourth-order valence-corrected chi connectivity index (χ4v) is 2.87. The fourth-order valence-electron chi connectivity index (χ4n) is 2.87. The average molecular weight is 243 g/mol. The lowest BCUT2D eigenvalue weighted by Gasteiger charge is -2.27. The molecule has 3 rings (SSSR count). The van der Waals surface area contributed by atoms with E-state index in [2.05, 4.69) is 10.2 Å². The summed E-state index contributed by atoms with van der Waals surface area (Å²) in [6, 6.07) is 6.63. The lowest BCUT2D eigenvalue weighted by Crippen LogP contribution is -2.91. The van der Waals surface area contributed by atoms with Gasteiger partial charge >= 0.3 is 6.18 Å².